The van der Waals surface area contributed by atoms with Crippen molar-refractivity contribution in [1.29, 1.82) is 0 Å². The van der Waals surface area contributed by atoms with E-state index >= 15 is 0 Å². The molecule has 1 aromatic rings. The van der Waals surface area contributed by atoms with Crippen LogP contribution in [0.5, 0.6) is 0 Å². The van der Waals surface area contributed by atoms with E-state index in [9.17, 15) is 9.00 Å². The van der Waals surface area contributed by atoms with Crippen LogP contribution >= 0.6 is 15.9 Å². The maximum atomic E-state index is 11.4. The van der Waals surface area contributed by atoms with Crippen LogP contribution in [-0.2, 0) is 17.2 Å². The smallest absolute Gasteiger partial charge is 0.314 e. The number of hydrogen-bond acceptors (Lipinski definition) is 2. The van der Waals surface area contributed by atoms with Crippen LogP contribution in [0.1, 0.15) is 5.56 Å². The summed E-state index contributed by atoms with van der Waals surface area (Å²) in [5.41, 5.74) is 1.16. The van der Waals surface area contributed by atoms with Crippen molar-refractivity contribution in [2.75, 3.05) is 25.1 Å². The van der Waals surface area contributed by atoms with Gasteiger partial charge in [-0.25, -0.2) is 4.79 Å². The summed E-state index contributed by atoms with van der Waals surface area (Å²) in [6.45, 7) is 1.01. The number of benzene rings is 1. The lowest BCUT2D eigenvalue weighted by Gasteiger charge is -2.07. The average Bonchev–Trinajstić information content (AvgIpc) is 2.31. The fraction of sp³-hybridized carbons (Fsp3) is 0.417. The van der Waals surface area contributed by atoms with Gasteiger partial charge in [-0.05, 0) is 18.1 Å². The Bertz CT molecular complexity index is 426. The molecule has 0 heterocycles. The van der Waals surface area contributed by atoms with Gasteiger partial charge in [0.15, 0.2) is 0 Å². The Morgan fingerprint density at radius 1 is 1.28 bits per heavy atom. The highest BCUT2D eigenvalue weighted by Crippen LogP contribution is 2.15. The normalized spacial score (nSPS) is 11.9. The third kappa shape index (κ3) is 6.16. The zero-order chi connectivity index (χ0) is 13.4. The van der Waals surface area contributed by atoms with Crippen LogP contribution < -0.4 is 10.6 Å². The van der Waals surface area contributed by atoms with Crippen molar-refractivity contribution < 1.29 is 9.00 Å². The third-order valence-electron chi connectivity index (χ3n) is 2.31. The molecule has 4 nitrogen and oxygen atoms in total. The molecule has 0 unspecified atom stereocenters. The second-order valence-corrected chi connectivity index (χ2v) is 6.21. The van der Waals surface area contributed by atoms with Crippen LogP contribution in [0, 0.1) is 0 Å². The Kier molecular flexibility index (Phi) is 6.97. The van der Waals surface area contributed by atoms with E-state index in [1.165, 1.54) is 0 Å². The van der Waals surface area contributed by atoms with Crippen LogP contribution in [0.25, 0.3) is 0 Å². The summed E-state index contributed by atoms with van der Waals surface area (Å²) in [4.78, 5) is 11.4. The third-order valence-corrected chi connectivity index (χ3v) is 3.87. The first-order valence-corrected chi connectivity index (χ1v) is 8.16. The van der Waals surface area contributed by atoms with Crippen LogP contribution in [-0.4, -0.2) is 35.3 Å². The molecule has 0 fully saturated rings. The second kappa shape index (κ2) is 8.26. The molecular formula is C12H17BrN2O2S. The summed E-state index contributed by atoms with van der Waals surface area (Å²) in [6, 6.07) is 7.71. The van der Waals surface area contributed by atoms with Crippen molar-refractivity contribution >= 4 is 32.8 Å². The molecule has 1 rings (SSSR count). The van der Waals surface area contributed by atoms with Crippen molar-refractivity contribution in [3.05, 3.63) is 34.3 Å². The van der Waals surface area contributed by atoms with Gasteiger partial charge in [0.1, 0.15) is 0 Å². The first-order chi connectivity index (χ1) is 8.59. The molecule has 0 spiro atoms. The number of carbonyl (C=O) groups is 1. The van der Waals surface area contributed by atoms with Crippen molar-refractivity contribution in [2.45, 2.75) is 6.42 Å². The van der Waals surface area contributed by atoms with Crippen molar-refractivity contribution in [3.8, 4) is 0 Å². The van der Waals surface area contributed by atoms with E-state index in [2.05, 4.69) is 26.6 Å². The number of carbonyl (C=O) groups excluding carboxylic acids is 1. The lowest BCUT2D eigenvalue weighted by molar-refractivity contribution is 0.241. The molecule has 2 N–H and O–H groups in total. The molecule has 18 heavy (non-hydrogen) atoms. The zero-order valence-corrected chi connectivity index (χ0v) is 12.6. The van der Waals surface area contributed by atoms with Crippen molar-refractivity contribution in [1.82, 2.24) is 10.6 Å². The molecule has 1 atom stereocenters. The highest BCUT2D eigenvalue weighted by molar-refractivity contribution is 9.10. The Balaban J connectivity index is 2.20. The minimum atomic E-state index is -0.869. The van der Waals surface area contributed by atoms with Gasteiger partial charge in [-0.2, -0.15) is 0 Å². The SMILES string of the molecule is C[S@](=O)CCNC(=O)NCCc1ccccc1Br. The lowest BCUT2D eigenvalue weighted by atomic mass is 10.1. The van der Waals surface area contributed by atoms with Gasteiger partial charge < -0.3 is 10.6 Å². The van der Waals surface area contributed by atoms with E-state index in [0.29, 0.717) is 18.8 Å². The lowest BCUT2D eigenvalue weighted by Crippen LogP contribution is -2.38. The van der Waals surface area contributed by atoms with Crippen LogP contribution in [0.2, 0.25) is 0 Å². The summed E-state index contributed by atoms with van der Waals surface area (Å²) < 4.78 is 11.8. The van der Waals surface area contributed by atoms with Gasteiger partial charge in [0, 0.05) is 40.4 Å². The highest BCUT2D eigenvalue weighted by Gasteiger charge is 2.01. The molecule has 0 aromatic heterocycles. The Morgan fingerprint density at radius 3 is 2.61 bits per heavy atom. The van der Waals surface area contributed by atoms with Crippen molar-refractivity contribution in [2.24, 2.45) is 0 Å². The van der Waals surface area contributed by atoms with Gasteiger partial charge in [-0.3, -0.25) is 4.21 Å². The van der Waals surface area contributed by atoms with E-state index < -0.39 is 10.8 Å². The fourth-order valence-corrected chi connectivity index (χ4v) is 2.26. The Morgan fingerprint density at radius 2 is 1.94 bits per heavy atom. The summed E-state index contributed by atoms with van der Waals surface area (Å²) in [5.74, 6) is 0.484. The monoisotopic (exact) mass is 332 g/mol. The zero-order valence-electron chi connectivity index (χ0n) is 10.2. The van der Waals surface area contributed by atoms with Gasteiger partial charge in [-0.1, -0.05) is 34.1 Å². The van der Waals surface area contributed by atoms with Crippen LogP contribution in [0.15, 0.2) is 28.7 Å². The standard InChI is InChI=1S/C12H17BrN2O2S/c1-18(17)9-8-15-12(16)14-7-6-10-4-2-3-5-11(10)13/h2-5H,6-9H2,1H3,(H2,14,15,16)/t18-/m0/s1. The molecule has 0 aliphatic heterocycles. The number of rotatable bonds is 6. The predicted molar refractivity (Wildman–Crippen MR) is 78.2 cm³/mol. The molecule has 0 saturated carbocycles. The van der Waals surface area contributed by atoms with Crippen LogP contribution in [0.3, 0.4) is 0 Å². The number of nitrogens with one attached hydrogen (secondary N) is 2. The fourth-order valence-electron chi connectivity index (χ4n) is 1.38. The average molecular weight is 333 g/mol. The van der Waals surface area contributed by atoms with Gasteiger partial charge in [0.25, 0.3) is 0 Å². The summed E-state index contributed by atoms with van der Waals surface area (Å²) in [5, 5.41) is 5.42. The molecule has 1 aromatic carbocycles. The largest absolute Gasteiger partial charge is 0.338 e. The predicted octanol–water partition coefficient (Wildman–Crippen LogP) is 1.67. The highest BCUT2D eigenvalue weighted by atomic mass is 79.9. The first kappa shape index (κ1) is 15.2. The topological polar surface area (TPSA) is 58.2 Å². The van der Waals surface area contributed by atoms with E-state index in [1.54, 1.807) is 6.26 Å². The van der Waals surface area contributed by atoms with Gasteiger partial charge >= 0.3 is 6.03 Å². The number of urea groups is 1. The van der Waals surface area contributed by atoms with Crippen LogP contribution in [0.4, 0.5) is 4.79 Å². The van der Waals surface area contributed by atoms with Gasteiger partial charge in [-0.15, -0.1) is 0 Å². The molecule has 100 valence electrons. The Labute approximate surface area is 118 Å². The summed E-state index contributed by atoms with van der Waals surface area (Å²) >= 11 is 3.46. The minimum Gasteiger partial charge on any atom is -0.338 e. The molecule has 0 bridgehead atoms. The number of amides is 2. The maximum Gasteiger partial charge on any atom is 0.314 e. The van der Waals surface area contributed by atoms with E-state index in [1.807, 2.05) is 24.3 Å². The minimum absolute atomic E-state index is 0.215. The quantitative estimate of drug-likeness (QED) is 0.832. The number of hydrogen-bond donors (Lipinski definition) is 2. The molecule has 0 radical (unpaired) electrons. The molecule has 0 saturated heterocycles. The van der Waals surface area contributed by atoms with E-state index in [-0.39, 0.29) is 6.03 Å². The van der Waals surface area contributed by atoms with E-state index in [4.69, 9.17) is 0 Å². The molecule has 0 aliphatic rings. The van der Waals surface area contributed by atoms with Crippen molar-refractivity contribution in [3.63, 3.8) is 0 Å². The van der Waals surface area contributed by atoms with Gasteiger partial charge in [0.05, 0.1) is 0 Å². The summed E-state index contributed by atoms with van der Waals surface area (Å²) in [6.07, 6.45) is 2.39. The molecule has 0 aliphatic carbocycles. The van der Waals surface area contributed by atoms with Gasteiger partial charge in [0.2, 0.25) is 0 Å². The first-order valence-electron chi connectivity index (χ1n) is 5.64. The molecule has 2 amide bonds. The Hall–Kier alpha value is -0.880. The summed E-state index contributed by atoms with van der Waals surface area (Å²) in [7, 11) is -0.869. The molecular weight excluding hydrogens is 316 g/mol. The maximum absolute atomic E-state index is 11.4. The number of halogens is 1. The van der Waals surface area contributed by atoms with E-state index in [0.717, 1.165) is 16.5 Å². The molecule has 6 heteroatoms. The second-order valence-electron chi connectivity index (χ2n) is 3.80.